The highest BCUT2D eigenvalue weighted by atomic mass is 15.5. The minimum Gasteiger partial charge on any atom is -0.369 e. The van der Waals surface area contributed by atoms with Crippen LogP contribution in [0.2, 0.25) is 0 Å². The summed E-state index contributed by atoms with van der Waals surface area (Å²) in [6, 6.07) is 3.97. The molecular weight excluding hydrogens is 268 g/mol. The first kappa shape index (κ1) is 13.5. The van der Waals surface area contributed by atoms with Crippen LogP contribution in [0, 0.1) is 0 Å². The van der Waals surface area contributed by atoms with Crippen LogP contribution in [0.15, 0.2) is 18.3 Å². The number of tetrazole rings is 1. The zero-order chi connectivity index (χ0) is 14.8. The van der Waals surface area contributed by atoms with Gasteiger partial charge in [0.05, 0.1) is 0 Å². The number of aromatic amines is 1. The lowest BCUT2D eigenvalue weighted by Crippen LogP contribution is -2.21. The van der Waals surface area contributed by atoms with Crippen molar-refractivity contribution in [1.82, 2.24) is 35.1 Å². The van der Waals surface area contributed by atoms with Crippen molar-refractivity contribution in [3.63, 3.8) is 0 Å². The van der Waals surface area contributed by atoms with Crippen LogP contribution >= 0.6 is 0 Å². The summed E-state index contributed by atoms with van der Waals surface area (Å²) in [6.07, 6.45) is 1.87. The van der Waals surface area contributed by atoms with Crippen molar-refractivity contribution in [2.24, 2.45) is 7.05 Å². The molecule has 0 saturated heterocycles. The third-order valence-electron chi connectivity index (χ3n) is 3.25. The largest absolute Gasteiger partial charge is 0.369 e. The van der Waals surface area contributed by atoms with E-state index in [1.165, 1.54) is 0 Å². The second-order valence-corrected chi connectivity index (χ2v) is 5.15. The van der Waals surface area contributed by atoms with Crippen molar-refractivity contribution in [2.45, 2.75) is 0 Å². The standard InChI is InChI=1S/C13H18N8/c1-20(2)7-6-14-11-8-10(13-17-18-19-21(13)3)9-4-5-15-12(9)16-11/h4-5,8H,6-7H2,1-3H3,(H2,14,15,16). The Hall–Kier alpha value is -2.48. The van der Waals surface area contributed by atoms with Crippen LogP contribution in [0.3, 0.4) is 0 Å². The molecule has 0 aliphatic rings. The molecule has 0 aromatic carbocycles. The number of anilines is 1. The van der Waals surface area contributed by atoms with Gasteiger partial charge in [0.2, 0.25) is 0 Å². The summed E-state index contributed by atoms with van der Waals surface area (Å²) in [4.78, 5) is 9.83. The SMILES string of the molecule is CN(C)CCNc1cc(-c2nnnn2C)c2cc[nH]c2n1. The Bertz CT molecular complexity index is 742. The van der Waals surface area contributed by atoms with Crippen LogP contribution in [0.25, 0.3) is 22.4 Å². The number of H-pyrrole nitrogens is 1. The van der Waals surface area contributed by atoms with Crippen LogP contribution in [-0.2, 0) is 7.05 Å². The topological polar surface area (TPSA) is 87.5 Å². The fourth-order valence-corrected chi connectivity index (χ4v) is 2.18. The Morgan fingerprint density at radius 2 is 2.24 bits per heavy atom. The quantitative estimate of drug-likeness (QED) is 0.719. The maximum atomic E-state index is 4.57. The highest BCUT2D eigenvalue weighted by Gasteiger charge is 2.13. The first-order valence-corrected chi connectivity index (χ1v) is 6.74. The van der Waals surface area contributed by atoms with Crippen LogP contribution in [0.5, 0.6) is 0 Å². The van der Waals surface area contributed by atoms with Crippen LogP contribution in [-0.4, -0.2) is 62.3 Å². The predicted octanol–water partition coefficient (Wildman–Crippen LogP) is 0.727. The number of nitrogens with one attached hydrogen (secondary N) is 2. The molecule has 0 radical (unpaired) electrons. The molecule has 0 atom stereocenters. The van der Waals surface area contributed by atoms with E-state index in [1.807, 2.05) is 39.5 Å². The van der Waals surface area contributed by atoms with E-state index in [-0.39, 0.29) is 0 Å². The van der Waals surface area contributed by atoms with Crippen molar-refractivity contribution >= 4 is 16.9 Å². The average Bonchev–Trinajstić information content (AvgIpc) is 3.06. The molecule has 0 aliphatic heterocycles. The number of likely N-dealkylation sites (N-methyl/N-ethyl adjacent to an activating group) is 1. The molecule has 21 heavy (non-hydrogen) atoms. The molecule has 3 rings (SSSR count). The fourth-order valence-electron chi connectivity index (χ4n) is 2.18. The van der Waals surface area contributed by atoms with Gasteiger partial charge in [-0.1, -0.05) is 0 Å². The Balaban J connectivity index is 1.98. The zero-order valence-electron chi connectivity index (χ0n) is 12.3. The van der Waals surface area contributed by atoms with Gasteiger partial charge in [-0.25, -0.2) is 9.67 Å². The van der Waals surface area contributed by atoms with E-state index in [0.29, 0.717) is 0 Å². The van der Waals surface area contributed by atoms with E-state index < -0.39 is 0 Å². The Morgan fingerprint density at radius 1 is 1.38 bits per heavy atom. The highest BCUT2D eigenvalue weighted by molar-refractivity contribution is 5.92. The molecule has 0 bridgehead atoms. The molecule has 0 fully saturated rings. The van der Waals surface area contributed by atoms with Gasteiger partial charge >= 0.3 is 0 Å². The third kappa shape index (κ3) is 2.70. The fraction of sp³-hybridized carbons (Fsp3) is 0.385. The van der Waals surface area contributed by atoms with E-state index >= 15 is 0 Å². The number of aromatic nitrogens is 6. The predicted molar refractivity (Wildman–Crippen MR) is 80.9 cm³/mol. The molecule has 0 amide bonds. The van der Waals surface area contributed by atoms with Gasteiger partial charge in [0.25, 0.3) is 0 Å². The summed E-state index contributed by atoms with van der Waals surface area (Å²) < 4.78 is 1.66. The molecule has 3 aromatic heterocycles. The van der Waals surface area contributed by atoms with Gasteiger partial charge in [0.15, 0.2) is 5.82 Å². The smallest absolute Gasteiger partial charge is 0.182 e. The summed E-state index contributed by atoms with van der Waals surface area (Å²) >= 11 is 0. The monoisotopic (exact) mass is 286 g/mol. The molecule has 8 nitrogen and oxygen atoms in total. The third-order valence-corrected chi connectivity index (χ3v) is 3.25. The molecule has 2 N–H and O–H groups in total. The van der Waals surface area contributed by atoms with Crippen molar-refractivity contribution in [2.75, 3.05) is 32.5 Å². The van der Waals surface area contributed by atoms with Gasteiger partial charge in [-0.2, -0.15) is 0 Å². The Kier molecular flexibility index (Phi) is 3.53. The summed E-state index contributed by atoms with van der Waals surface area (Å²) in [7, 11) is 5.91. The number of hydrogen-bond acceptors (Lipinski definition) is 6. The van der Waals surface area contributed by atoms with Crippen molar-refractivity contribution in [3.05, 3.63) is 18.3 Å². The molecule has 110 valence electrons. The maximum Gasteiger partial charge on any atom is 0.182 e. The van der Waals surface area contributed by atoms with Crippen molar-refractivity contribution < 1.29 is 0 Å². The average molecular weight is 286 g/mol. The van der Waals surface area contributed by atoms with Gasteiger partial charge < -0.3 is 15.2 Å². The van der Waals surface area contributed by atoms with Gasteiger partial charge in [-0.05, 0) is 36.7 Å². The lowest BCUT2D eigenvalue weighted by Gasteiger charge is -2.12. The van der Waals surface area contributed by atoms with E-state index in [2.05, 4.69) is 35.7 Å². The van der Waals surface area contributed by atoms with Crippen LogP contribution < -0.4 is 5.32 Å². The zero-order valence-corrected chi connectivity index (χ0v) is 12.3. The van der Waals surface area contributed by atoms with Gasteiger partial charge in [0, 0.05) is 37.3 Å². The van der Waals surface area contributed by atoms with E-state index in [0.717, 1.165) is 41.3 Å². The number of pyridine rings is 1. The first-order valence-electron chi connectivity index (χ1n) is 6.74. The minimum absolute atomic E-state index is 0.720. The molecule has 0 saturated carbocycles. The molecule has 0 aliphatic carbocycles. The lowest BCUT2D eigenvalue weighted by molar-refractivity contribution is 0.425. The van der Waals surface area contributed by atoms with Gasteiger partial charge in [-0.15, -0.1) is 5.10 Å². The van der Waals surface area contributed by atoms with Gasteiger partial charge in [0.1, 0.15) is 11.5 Å². The number of aryl methyl sites for hydroxylation is 1. The number of nitrogens with zero attached hydrogens (tertiary/aromatic N) is 6. The van der Waals surface area contributed by atoms with Crippen molar-refractivity contribution in [1.29, 1.82) is 0 Å². The summed E-state index contributed by atoms with van der Waals surface area (Å²) in [5.41, 5.74) is 1.78. The molecule has 0 spiro atoms. The van der Waals surface area contributed by atoms with E-state index in [4.69, 9.17) is 0 Å². The lowest BCUT2D eigenvalue weighted by atomic mass is 10.1. The van der Waals surface area contributed by atoms with Crippen LogP contribution in [0.1, 0.15) is 0 Å². The molecule has 8 heteroatoms. The normalized spacial score (nSPS) is 11.4. The van der Waals surface area contributed by atoms with E-state index in [1.54, 1.807) is 4.68 Å². The highest BCUT2D eigenvalue weighted by Crippen LogP contribution is 2.27. The number of fused-ring (bicyclic) bond motifs is 1. The molecule has 3 heterocycles. The van der Waals surface area contributed by atoms with Crippen LogP contribution in [0.4, 0.5) is 5.82 Å². The molecular formula is C13H18N8. The Labute approximate surface area is 122 Å². The summed E-state index contributed by atoms with van der Waals surface area (Å²) in [5, 5.41) is 16.0. The molecule has 0 unspecified atom stereocenters. The minimum atomic E-state index is 0.720. The first-order chi connectivity index (χ1) is 10.1. The van der Waals surface area contributed by atoms with Crippen molar-refractivity contribution in [3.8, 4) is 11.4 Å². The Morgan fingerprint density at radius 3 is 2.95 bits per heavy atom. The number of rotatable bonds is 5. The summed E-state index contributed by atoms with van der Waals surface area (Å²) in [6.45, 7) is 1.76. The maximum absolute atomic E-state index is 4.57. The molecule has 3 aromatic rings. The summed E-state index contributed by atoms with van der Waals surface area (Å²) in [5.74, 6) is 1.53. The second-order valence-electron chi connectivity index (χ2n) is 5.15. The van der Waals surface area contributed by atoms with Gasteiger partial charge in [-0.3, -0.25) is 0 Å². The number of hydrogen-bond donors (Lipinski definition) is 2. The van der Waals surface area contributed by atoms with E-state index in [9.17, 15) is 0 Å². The second kappa shape index (κ2) is 5.49.